The van der Waals surface area contributed by atoms with Crippen molar-refractivity contribution in [1.29, 1.82) is 0 Å². The lowest BCUT2D eigenvalue weighted by molar-refractivity contribution is 0.219. The number of carbonyl (C=O) groups is 1. The molecule has 0 atom stereocenters. The molecule has 3 nitrogen and oxygen atoms in total. The number of hydrogen-bond acceptors (Lipinski definition) is 1. The molecule has 0 aliphatic heterocycles. The molecule has 0 heterocycles. The molecule has 0 saturated heterocycles. The Balaban J connectivity index is 2.54. The summed E-state index contributed by atoms with van der Waals surface area (Å²) in [7, 11) is 1.59. The second-order valence-corrected chi connectivity index (χ2v) is 3.10. The SMILES string of the molecule is CN(CCc1ccccc1F)C(N)=O. The number of hydrogen-bond donors (Lipinski definition) is 1. The van der Waals surface area contributed by atoms with Crippen molar-refractivity contribution in [3.63, 3.8) is 0 Å². The van der Waals surface area contributed by atoms with Crippen LogP contribution in [0.25, 0.3) is 0 Å². The number of nitrogens with zero attached hydrogens (tertiary/aromatic N) is 1. The largest absolute Gasteiger partial charge is 0.351 e. The fourth-order valence-electron chi connectivity index (χ4n) is 1.10. The van der Waals surface area contributed by atoms with Gasteiger partial charge in [-0.2, -0.15) is 0 Å². The van der Waals surface area contributed by atoms with E-state index < -0.39 is 6.03 Å². The van der Waals surface area contributed by atoms with Gasteiger partial charge in [-0.15, -0.1) is 0 Å². The second kappa shape index (κ2) is 4.60. The molecule has 4 heteroatoms. The van der Waals surface area contributed by atoms with Gasteiger partial charge < -0.3 is 10.6 Å². The highest BCUT2D eigenvalue weighted by Crippen LogP contribution is 2.07. The van der Waals surface area contributed by atoms with Crippen LogP contribution >= 0.6 is 0 Å². The maximum Gasteiger partial charge on any atom is 0.314 e. The van der Waals surface area contributed by atoms with Crippen LogP contribution in [0.5, 0.6) is 0 Å². The highest BCUT2D eigenvalue weighted by molar-refractivity contribution is 5.71. The number of rotatable bonds is 3. The van der Waals surface area contributed by atoms with E-state index in [0.29, 0.717) is 18.5 Å². The van der Waals surface area contributed by atoms with Crippen LogP contribution in [-0.2, 0) is 6.42 Å². The zero-order valence-corrected chi connectivity index (χ0v) is 8.03. The molecule has 0 spiro atoms. The molecule has 0 aliphatic rings. The van der Waals surface area contributed by atoms with Gasteiger partial charge in [-0.25, -0.2) is 9.18 Å². The number of likely N-dealkylation sites (N-methyl/N-ethyl adjacent to an activating group) is 1. The van der Waals surface area contributed by atoms with E-state index in [0.717, 1.165) is 0 Å². The molecule has 0 radical (unpaired) electrons. The van der Waals surface area contributed by atoms with Crippen LogP contribution in [0.2, 0.25) is 0 Å². The van der Waals surface area contributed by atoms with Crippen LogP contribution in [0.1, 0.15) is 5.56 Å². The van der Waals surface area contributed by atoms with Crippen LogP contribution in [-0.4, -0.2) is 24.5 Å². The first-order chi connectivity index (χ1) is 6.61. The Morgan fingerprint density at radius 3 is 2.71 bits per heavy atom. The minimum absolute atomic E-state index is 0.245. The van der Waals surface area contributed by atoms with Crippen molar-refractivity contribution in [2.24, 2.45) is 5.73 Å². The molecule has 0 bridgehead atoms. The van der Waals surface area contributed by atoms with Crippen LogP contribution in [0.15, 0.2) is 24.3 Å². The summed E-state index contributed by atoms with van der Waals surface area (Å²) >= 11 is 0. The van der Waals surface area contributed by atoms with E-state index in [1.165, 1.54) is 11.0 Å². The highest BCUT2D eigenvalue weighted by Gasteiger charge is 2.05. The van der Waals surface area contributed by atoms with E-state index in [9.17, 15) is 9.18 Å². The lowest BCUT2D eigenvalue weighted by atomic mass is 10.1. The first kappa shape index (κ1) is 10.5. The Labute approximate surface area is 82.3 Å². The van der Waals surface area contributed by atoms with E-state index in [4.69, 9.17) is 5.73 Å². The summed E-state index contributed by atoms with van der Waals surface area (Å²) in [6.45, 7) is 0.427. The highest BCUT2D eigenvalue weighted by atomic mass is 19.1. The van der Waals surface area contributed by atoms with Crippen molar-refractivity contribution < 1.29 is 9.18 Å². The molecule has 1 aromatic carbocycles. The number of benzene rings is 1. The number of halogens is 1. The van der Waals surface area contributed by atoms with Gasteiger partial charge in [0.25, 0.3) is 0 Å². The molecule has 14 heavy (non-hydrogen) atoms. The second-order valence-electron chi connectivity index (χ2n) is 3.10. The van der Waals surface area contributed by atoms with Gasteiger partial charge in [-0.3, -0.25) is 0 Å². The molecule has 0 saturated carbocycles. The van der Waals surface area contributed by atoms with Crippen LogP contribution in [0.3, 0.4) is 0 Å². The predicted molar refractivity (Wildman–Crippen MR) is 52.3 cm³/mol. The average molecular weight is 196 g/mol. The van der Waals surface area contributed by atoms with Crippen LogP contribution in [0, 0.1) is 5.82 Å². The summed E-state index contributed by atoms with van der Waals surface area (Å²) in [5, 5.41) is 0. The molecule has 0 fully saturated rings. The van der Waals surface area contributed by atoms with E-state index in [-0.39, 0.29) is 5.82 Å². The van der Waals surface area contributed by atoms with Crippen molar-refractivity contribution in [3.8, 4) is 0 Å². The summed E-state index contributed by atoms with van der Waals surface area (Å²) in [6, 6.07) is 6.00. The number of urea groups is 1. The topological polar surface area (TPSA) is 46.3 Å². The Hall–Kier alpha value is -1.58. The van der Waals surface area contributed by atoms with Crippen molar-refractivity contribution >= 4 is 6.03 Å². The number of primary amides is 1. The van der Waals surface area contributed by atoms with Gasteiger partial charge in [0.2, 0.25) is 0 Å². The lowest BCUT2D eigenvalue weighted by Crippen LogP contribution is -2.33. The lowest BCUT2D eigenvalue weighted by Gasteiger charge is -2.13. The molecule has 1 rings (SSSR count). The van der Waals surface area contributed by atoms with Gasteiger partial charge in [-0.1, -0.05) is 18.2 Å². The van der Waals surface area contributed by atoms with Crippen molar-refractivity contribution in [2.45, 2.75) is 6.42 Å². The minimum atomic E-state index is -0.499. The molecular weight excluding hydrogens is 183 g/mol. The summed E-state index contributed by atoms with van der Waals surface area (Å²) in [6.07, 6.45) is 0.478. The summed E-state index contributed by atoms with van der Waals surface area (Å²) < 4.78 is 13.1. The fourth-order valence-corrected chi connectivity index (χ4v) is 1.10. The molecular formula is C10H13FN2O. The minimum Gasteiger partial charge on any atom is -0.351 e. The first-order valence-electron chi connectivity index (χ1n) is 4.35. The first-order valence-corrected chi connectivity index (χ1v) is 4.35. The summed E-state index contributed by atoms with van der Waals surface area (Å²) in [5.74, 6) is -0.245. The van der Waals surface area contributed by atoms with Crippen LogP contribution < -0.4 is 5.73 Å². The summed E-state index contributed by atoms with van der Waals surface area (Å²) in [5.41, 5.74) is 5.63. The van der Waals surface area contributed by atoms with E-state index in [1.807, 2.05) is 0 Å². The smallest absolute Gasteiger partial charge is 0.314 e. The quantitative estimate of drug-likeness (QED) is 0.780. The van der Waals surface area contributed by atoms with E-state index in [2.05, 4.69) is 0 Å². The predicted octanol–water partition coefficient (Wildman–Crippen LogP) is 1.38. The third kappa shape index (κ3) is 2.73. The summed E-state index contributed by atoms with van der Waals surface area (Å²) in [4.78, 5) is 12.0. The number of carbonyl (C=O) groups excluding carboxylic acids is 1. The number of nitrogens with two attached hydrogens (primary N) is 1. The molecule has 0 aromatic heterocycles. The molecule has 1 aromatic rings. The number of amides is 2. The Morgan fingerprint density at radius 1 is 1.50 bits per heavy atom. The third-order valence-corrected chi connectivity index (χ3v) is 2.05. The van der Waals surface area contributed by atoms with Crippen molar-refractivity contribution in [1.82, 2.24) is 4.90 Å². The van der Waals surface area contributed by atoms with E-state index in [1.54, 1.807) is 25.2 Å². The molecule has 0 aliphatic carbocycles. The average Bonchev–Trinajstić information content (AvgIpc) is 2.16. The maximum absolute atomic E-state index is 13.1. The molecule has 76 valence electrons. The van der Waals surface area contributed by atoms with Gasteiger partial charge in [-0.05, 0) is 18.1 Å². The van der Waals surface area contributed by atoms with Gasteiger partial charge in [0.1, 0.15) is 5.82 Å². The van der Waals surface area contributed by atoms with Crippen LogP contribution in [0.4, 0.5) is 9.18 Å². The van der Waals surface area contributed by atoms with Gasteiger partial charge in [0, 0.05) is 13.6 Å². The Morgan fingerprint density at radius 2 is 2.14 bits per heavy atom. The third-order valence-electron chi connectivity index (χ3n) is 2.05. The van der Waals surface area contributed by atoms with Crippen molar-refractivity contribution in [3.05, 3.63) is 35.6 Å². The monoisotopic (exact) mass is 196 g/mol. The maximum atomic E-state index is 13.1. The fraction of sp³-hybridized carbons (Fsp3) is 0.300. The van der Waals surface area contributed by atoms with Gasteiger partial charge in [0.05, 0.1) is 0 Å². The van der Waals surface area contributed by atoms with Gasteiger partial charge >= 0.3 is 6.03 Å². The van der Waals surface area contributed by atoms with Crippen molar-refractivity contribution in [2.75, 3.05) is 13.6 Å². The van der Waals surface area contributed by atoms with Gasteiger partial charge in [0.15, 0.2) is 0 Å². The Kier molecular flexibility index (Phi) is 3.45. The molecule has 2 N–H and O–H groups in total. The zero-order chi connectivity index (χ0) is 10.6. The van der Waals surface area contributed by atoms with E-state index >= 15 is 0 Å². The normalized spacial score (nSPS) is 9.86. The zero-order valence-electron chi connectivity index (χ0n) is 8.03. The standard InChI is InChI=1S/C10H13FN2O/c1-13(10(12)14)7-6-8-4-2-3-5-9(8)11/h2-5H,6-7H2,1H3,(H2,12,14). The Bertz CT molecular complexity index is 328. The molecule has 2 amide bonds. The molecule has 0 unspecified atom stereocenters.